The Hall–Kier alpha value is -3.14. The van der Waals surface area contributed by atoms with Crippen LogP contribution < -0.4 is 5.32 Å². The topological polar surface area (TPSA) is 118 Å². The molecule has 0 radical (unpaired) electrons. The summed E-state index contributed by atoms with van der Waals surface area (Å²) in [6.45, 7) is 6.06. The molecule has 40 heavy (non-hydrogen) atoms. The van der Waals surface area contributed by atoms with Gasteiger partial charge < -0.3 is 29.0 Å². The molecule has 10 heteroatoms. The van der Waals surface area contributed by atoms with Crippen LogP contribution >= 0.6 is 0 Å². The summed E-state index contributed by atoms with van der Waals surface area (Å²) in [4.78, 5) is 56.2. The van der Waals surface area contributed by atoms with Gasteiger partial charge in [0, 0.05) is 44.1 Å². The summed E-state index contributed by atoms with van der Waals surface area (Å²) in [5, 5.41) is 2.92. The number of furan rings is 1. The number of rotatable bonds is 11. The highest BCUT2D eigenvalue weighted by Crippen LogP contribution is 2.56. The van der Waals surface area contributed by atoms with Gasteiger partial charge in [-0.05, 0) is 62.1 Å². The number of hydrogen-bond acceptors (Lipinski definition) is 7. The molecule has 4 heterocycles. The van der Waals surface area contributed by atoms with Crippen LogP contribution in [0.15, 0.2) is 34.6 Å². The molecular weight excluding hydrogens is 514 g/mol. The summed E-state index contributed by atoms with van der Waals surface area (Å²) in [7, 11) is 1.37. The van der Waals surface area contributed by atoms with Gasteiger partial charge in [0.25, 0.3) is 0 Å². The lowest BCUT2D eigenvalue weighted by atomic mass is 9.64. The molecule has 4 aliphatic rings. The number of methoxy groups -OCH3 is 1. The lowest BCUT2D eigenvalue weighted by Crippen LogP contribution is -2.61. The minimum Gasteiger partial charge on any atom is -0.468 e. The molecule has 1 aromatic heterocycles. The highest BCUT2D eigenvalue weighted by molar-refractivity contribution is 5.92. The summed E-state index contributed by atoms with van der Waals surface area (Å²) in [6.07, 6.45) is 6.88. The van der Waals surface area contributed by atoms with E-state index in [1.807, 2.05) is 11.0 Å². The van der Waals surface area contributed by atoms with Gasteiger partial charge in [0.15, 0.2) is 0 Å². The van der Waals surface area contributed by atoms with Crippen molar-refractivity contribution in [3.8, 4) is 0 Å². The molecule has 3 fully saturated rings. The minimum absolute atomic E-state index is 0.0485. The number of amides is 3. The Balaban J connectivity index is 1.40. The number of fused-ring (bicyclic) bond motifs is 1. The fraction of sp³-hybridized carbons (Fsp3) is 0.667. The van der Waals surface area contributed by atoms with Crippen molar-refractivity contribution in [1.82, 2.24) is 15.1 Å². The first kappa shape index (κ1) is 28.4. The van der Waals surface area contributed by atoms with E-state index in [9.17, 15) is 19.2 Å². The molecule has 0 unspecified atom stereocenters. The molecule has 4 atom stereocenters. The molecule has 218 valence electrons. The SMILES string of the molecule is COC(=O)[C@]12C[C@H](CC(=O)NCCCN3CCCC3=O)C(=O)N(Cc3ccco3)C1=C[C@H](C(C)C)O[C@@H]2C1CC1. The highest BCUT2D eigenvalue weighted by Gasteiger charge is 2.64. The second-order valence-electron chi connectivity index (χ2n) is 11.9. The van der Waals surface area contributed by atoms with E-state index in [1.165, 1.54) is 7.11 Å². The van der Waals surface area contributed by atoms with Crippen LogP contribution in [0.1, 0.15) is 64.6 Å². The van der Waals surface area contributed by atoms with Crippen LogP contribution in [0.3, 0.4) is 0 Å². The zero-order valence-corrected chi connectivity index (χ0v) is 23.7. The van der Waals surface area contributed by atoms with Crippen LogP contribution in [0.4, 0.5) is 0 Å². The summed E-state index contributed by atoms with van der Waals surface area (Å²) in [5.74, 6) is -0.551. The normalized spacial score (nSPS) is 28.5. The van der Waals surface area contributed by atoms with Crippen molar-refractivity contribution < 1.29 is 33.1 Å². The number of hydrogen-bond donors (Lipinski definition) is 1. The van der Waals surface area contributed by atoms with E-state index in [0.29, 0.717) is 37.4 Å². The Morgan fingerprint density at radius 2 is 2.05 bits per heavy atom. The fourth-order valence-electron chi connectivity index (χ4n) is 6.50. The smallest absolute Gasteiger partial charge is 0.320 e. The van der Waals surface area contributed by atoms with Crippen molar-refractivity contribution in [1.29, 1.82) is 0 Å². The maximum Gasteiger partial charge on any atom is 0.320 e. The fourth-order valence-corrected chi connectivity index (χ4v) is 6.50. The van der Waals surface area contributed by atoms with Gasteiger partial charge in [-0.15, -0.1) is 0 Å². The molecule has 2 saturated heterocycles. The summed E-state index contributed by atoms with van der Waals surface area (Å²) < 4.78 is 17.6. The maximum absolute atomic E-state index is 14.0. The lowest BCUT2D eigenvalue weighted by Gasteiger charge is -2.52. The summed E-state index contributed by atoms with van der Waals surface area (Å²) in [6, 6.07) is 3.56. The van der Waals surface area contributed by atoms with Crippen LogP contribution in [0.5, 0.6) is 0 Å². The maximum atomic E-state index is 14.0. The lowest BCUT2D eigenvalue weighted by molar-refractivity contribution is -0.182. The minimum atomic E-state index is -1.19. The predicted molar refractivity (Wildman–Crippen MR) is 144 cm³/mol. The van der Waals surface area contributed by atoms with Crippen molar-refractivity contribution in [2.45, 2.75) is 77.5 Å². The second kappa shape index (κ2) is 11.8. The van der Waals surface area contributed by atoms with Gasteiger partial charge in [-0.3, -0.25) is 19.2 Å². The van der Waals surface area contributed by atoms with Crippen molar-refractivity contribution in [3.63, 3.8) is 0 Å². The average molecular weight is 556 g/mol. The van der Waals surface area contributed by atoms with E-state index in [1.54, 1.807) is 23.3 Å². The Kier molecular flexibility index (Phi) is 8.35. The van der Waals surface area contributed by atoms with E-state index >= 15 is 0 Å². The van der Waals surface area contributed by atoms with E-state index < -0.39 is 23.4 Å². The molecule has 10 nitrogen and oxygen atoms in total. The number of esters is 1. The van der Waals surface area contributed by atoms with E-state index in [2.05, 4.69) is 19.2 Å². The molecular formula is C30H41N3O7. The van der Waals surface area contributed by atoms with Gasteiger partial charge in [-0.2, -0.15) is 0 Å². The van der Waals surface area contributed by atoms with Gasteiger partial charge in [0.05, 0.1) is 32.1 Å². The van der Waals surface area contributed by atoms with Gasteiger partial charge >= 0.3 is 5.97 Å². The standard InChI is InChI=1S/C30H41N3O7/c1-19(2)23-16-24-30(29(37)38-3,27(40-23)20-9-10-20)17-21(28(36)33(24)18-22-7-5-14-39-22)15-25(34)31-11-6-13-32-12-4-8-26(32)35/h5,7,14,16,19-21,23,27H,4,6,8-13,15,17-18H2,1-3H3,(H,31,34)/t21-,23+,27+,30+/m0/s1. The van der Waals surface area contributed by atoms with Gasteiger partial charge in [0.1, 0.15) is 11.2 Å². The number of carbonyl (C=O) groups excluding carboxylic acids is 4. The van der Waals surface area contributed by atoms with Crippen LogP contribution in [-0.2, 0) is 35.2 Å². The largest absolute Gasteiger partial charge is 0.468 e. The molecule has 1 N–H and O–H groups in total. The van der Waals surface area contributed by atoms with Crippen molar-refractivity contribution >= 4 is 23.7 Å². The monoisotopic (exact) mass is 555 g/mol. The average Bonchev–Trinajstić information content (AvgIpc) is 3.49. The van der Waals surface area contributed by atoms with E-state index in [4.69, 9.17) is 13.9 Å². The van der Waals surface area contributed by atoms with Crippen LogP contribution in [0.2, 0.25) is 0 Å². The Labute approximate surface area is 235 Å². The molecule has 5 rings (SSSR count). The first-order valence-corrected chi connectivity index (χ1v) is 14.6. The number of piperidine rings is 1. The van der Waals surface area contributed by atoms with Crippen molar-refractivity contribution in [2.75, 3.05) is 26.7 Å². The van der Waals surface area contributed by atoms with Crippen LogP contribution in [0.25, 0.3) is 0 Å². The zero-order chi connectivity index (χ0) is 28.4. The molecule has 0 bridgehead atoms. The number of nitrogens with one attached hydrogen (secondary N) is 1. The molecule has 3 amide bonds. The number of nitrogens with zero attached hydrogens (tertiary/aromatic N) is 2. The summed E-state index contributed by atoms with van der Waals surface area (Å²) in [5.41, 5.74) is -0.586. The number of carbonyl (C=O) groups is 4. The van der Waals surface area contributed by atoms with Crippen molar-refractivity contribution in [2.24, 2.45) is 23.2 Å². The Bertz CT molecular complexity index is 1140. The van der Waals surface area contributed by atoms with Gasteiger partial charge in [-0.1, -0.05) is 13.8 Å². The highest BCUT2D eigenvalue weighted by atomic mass is 16.5. The first-order valence-electron chi connectivity index (χ1n) is 14.6. The molecule has 1 saturated carbocycles. The molecule has 1 aromatic rings. The number of likely N-dealkylation sites (tertiary alicyclic amines) is 2. The van der Waals surface area contributed by atoms with Crippen LogP contribution in [-0.4, -0.2) is 72.4 Å². The second-order valence-corrected chi connectivity index (χ2v) is 11.9. The first-order chi connectivity index (χ1) is 19.2. The third kappa shape index (κ3) is 5.55. The van der Waals surface area contributed by atoms with E-state index in [0.717, 1.165) is 25.8 Å². The van der Waals surface area contributed by atoms with Crippen LogP contribution in [0, 0.1) is 23.2 Å². The van der Waals surface area contributed by atoms with Gasteiger partial charge in [0.2, 0.25) is 17.7 Å². The Morgan fingerprint density at radius 1 is 1.25 bits per heavy atom. The molecule has 0 aromatic carbocycles. The molecule has 0 spiro atoms. The van der Waals surface area contributed by atoms with Crippen molar-refractivity contribution in [3.05, 3.63) is 35.9 Å². The molecule has 3 aliphatic heterocycles. The third-order valence-corrected chi connectivity index (χ3v) is 8.72. The van der Waals surface area contributed by atoms with E-state index in [-0.39, 0.29) is 55.0 Å². The predicted octanol–water partition coefficient (Wildman–Crippen LogP) is 3.02. The van der Waals surface area contributed by atoms with Gasteiger partial charge in [-0.25, -0.2) is 0 Å². The number of ether oxygens (including phenoxy) is 2. The Morgan fingerprint density at radius 3 is 2.67 bits per heavy atom. The quantitative estimate of drug-likeness (QED) is 0.329. The zero-order valence-electron chi connectivity index (χ0n) is 23.7. The summed E-state index contributed by atoms with van der Waals surface area (Å²) >= 11 is 0. The third-order valence-electron chi connectivity index (χ3n) is 8.72. The molecule has 1 aliphatic carbocycles.